The maximum atomic E-state index is 13.4. The summed E-state index contributed by atoms with van der Waals surface area (Å²) < 4.78 is 40.1. The zero-order valence-electron chi connectivity index (χ0n) is 20.6. The highest BCUT2D eigenvalue weighted by Gasteiger charge is 2.30. The first-order valence-corrected chi connectivity index (χ1v) is 13.7. The van der Waals surface area contributed by atoms with Crippen molar-refractivity contribution in [3.63, 3.8) is 0 Å². The minimum Gasteiger partial charge on any atom is -0.425 e. The fourth-order valence-electron chi connectivity index (χ4n) is 4.74. The topological polar surface area (TPSA) is 103 Å². The van der Waals surface area contributed by atoms with E-state index >= 15 is 0 Å². The Morgan fingerprint density at radius 3 is 2.30 bits per heavy atom. The molecule has 7 nitrogen and oxygen atoms in total. The third-order valence-electron chi connectivity index (χ3n) is 6.77. The first-order chi connectivity index (χ1) is 17.7. The largest absolute Gasteiger partial charge is 0.425 e. The molecule has 0 radical (unpaired) electrons. The third-order valence-corrected chi connectivity index (χ3v) is 8.21. The van der Waals surface area contributed by atoms with Crippen LogP contribution in [0.25, 0.3) is 11.0 Å². The van der Waals surface area contributed by atoms with E-state index in [2.05, 4.69) is 4.72 Å². The molecule has 0 amide bonds. The number of nitrogens with one attached hydrogen (secondary N) is 1. The molecule has 1 heterocycles. The average Bonchev–Trinajstić information content (AvgIpc) is 2.90. The summed E-state index contributed by atoms with van der Waals surface area (Å²) in [6.45, 7) is 3.58. The molecule has 1 N–H and O–H groups in total. The minimum absolute atomic E-state index is 0.0419. The molecule has 1 aliphatic rings. The van der Waals surface area contributed by atoms with Crippen LogP contribution in [0.3, 0.4) is 0 Å². The Morgan fingerprint density at radius 2 is 1.59 bits per heavy atom. The lowest BCUT2D eigenvalue weighted by atomic mass is 9.90. The van der Waals surface area contributed by atoms with Gasteiger partial charge in [-0.1, -0.05) is 48.0 Å². The van der Waals surface area contributed by atoms with Gasteiger partial charge in [-0.15, -0.1) is 0 Å². The predicted molar refractivity (Wildman–Crippen MR) is 140 cm³/mol. The lowest BCUT2D eigenvalue weighted by molar-refractivity contribution is -0.136. The monoisotopic (exact) mass is 517 g/mol. The van der Waals surface area contributed by atoms with Crippen LogP contribution in [0.5, 0.6) is 5.75 Å². The van der Waals surface area contributed by atoms with E-state index in [4.69, 9.17) is 9.15 Å². The Hall–Kier alpha value is -3.75. The van der Waals surface area contributed by atoms with Gasteiger partial charge in [0.15, 0.2) is 0 Å². The lowest BCUT2D eigenvalue weighted by Gasteiger charge is -2.20. The first kappa shape index (κ1) is 24.9. The van der Waals surface area contributed by atoms with E-state index in [1.807, 2.05) is 6.92 Å². The summed E-state index contributed by atoms with van der Waals surface area (Å²) in [5.41, 5.74) is 3.59. The van der Waals surface area contributed by atoms with Gasteiger partial charge < -0.3 is 9.15 Å². The molecule has 0 bridgehead atoms. The number of hydrogen-bond acceptors (Lipinski definition) is 6. The molecule has 8 heteroatoms. The third kappa shape index (κ3) is 4.95. The van der Waals surface area contributed by atoms with Crippen LogP contribution < -0.4 is 15.1 Å². The Labute approximate surface area is 215 Å². The second-order valence-corrected chi connectivity index (χ2v) is 11.0. The van der Waals surface area contributed by atoms with Crippen molar-refractivity contribution in [3.05, 3.63) is 105 Å². The maximum Gasteiger partial charge on any atom is 0.339 e. The van der Waals surface area contributed by atoms with Crippen LogP contribution in [-0.2, 0) is 27.7 Å². The van der Waals surface area contributed by atoms with Gasteiger partial charge in [-0.25, -0.2) is 18.0 Å². The molecular formula is C29H27NO6S. The van der Waals surface area contributed by atoms with Crippen molar-refractivity contribution in [1.29, 1.82) is 0 Å². The summed E-state index contributed by atoms with van der Waals surface area (Å²) in [7, 11) is -4.03. The normalized spacial score (nSPS) is 14.2. The van der Waals surface area contributed by atoms with Gasteiger partial charge in [-0.05, 0) is 74.9 Å². The SMILES string of the molecule is Cc1ccc(S(=O)(=O)N[C@@H](C(=O)Oc2ccc3c4c(c(=O)oc3c2C)CCCC4)c2ccccc2)cc1. The molecule has 4 aromatic rings. The molecule has 3 aromatic carbocycles. The molecule has 0 unspecified atom stereocenters. The fourth-order valence-corrected chi connectivity index (χ4v) is 5.91. The zero-order valence-corrected chi connectivity index (χ0v) is 21.4. The molecule has 1 aliphatic carbocycles. The summed E-state index contributed by atoms with van der Waals surface area (Å²) >= 11 is 0. The number of aryl methyl sites for hydroxylation is 3. The molecule has 1 aromatic heterocycles. The van der Waals surface area contributed by atoms with Crippen molar-refractivity contribution in [2.45, 2.75) is 50.5 Å². The number of ether oxygens (including phenoxy) is 1. The van der Waals surface area contributed by atoms with Crippen LogP contribution in [0, 0.1) is 13.8 Å². The number of sulfonamides is 1. The molecule has 5 rings (SSSR count). The van der Waals surface area contributed by atoms with E-state index in [1.54, 1.807) is 61.5 Å². The molecule has 0 saturated carbocycles. The van der Waals surface area contributed by atoms with Gasteiger partial charge in [0.05, 0.1) is 4.90 Å². The second kappa shape index (κ2) is 9.95. The van der Waals surface area contributed by atoms with E-state index in [1.165, 1.54) is 12.1 Å². The van der Waals surface area contributed by atoms with Gasteiger partial charge in [-0.2, -0.15) is 4.72 Å². The standard InChI is InChI=1S/C29H27NO6S/c1-18-12-14-21(15-13-18)37(33,34)30-26(20-8-4-3-5-9-20)29(32)35-25-17-16-23-22-10-6-7-11-24(22)28(31)36-27(23)19(25)2/h3-5,8-9,12-17,26,30H,6-7,10-11H2,1-2H3/t26-/m1/s1. The Morgan fingerprint density at radius 1 is 0.919 bits per heavy atom. The molecule has 1 atom stereocenters. The maximum absolute atomic E-state index is 13.4. The molecular weight excluding hydrogens is 490 g/mol. The van der Waals surface area contributed by atoms with Crippen LogP contribution >= 0.6 is 0 Å². The zero-order chi connectivity index (χ0) is 26.2. The molecule has 0 spiro atoms. The van der Waals surface area contributed by atoms with Gasteiger partial charge in [-0.3, -0.25) is 0 Å². The van der Waals surface area contributed by atoms with Crippen molar-refractivity contribution in [2.75, 3.05) is 0 Å². The number of esters is 1. The number of fused-ring (bicyclic) bond motifs is 3. The van der Waals surface area contributed by atoms with Crippen LogP contribution in [-0.4, -0.2) is 14.4 Å². The van der Waals surface area contributed by atoms with Crippen LogP contribution in [0.1, 0.15) is 46.7 Å². The van der Waals surface area contributed by atoms with Crippen molar-refractivity contribution >= 4 is 27.0 Å². The Balaban J connectivity index is 1.50. The fraction of sp³-hybridized carbons (Fsp3) is 0.241. The van der Waals surface area contributed by atoms with Gasteiger partial charge >= 0.3 is 11.6 Å². The second-order valence-electron chi connectivity index (χ2n) is 9.32. The number of carbonyl (C=O) groups is 1. The van der Waals surface area contributed by atoms with Crippen molar-refractivity contribution in [2.24, 2.45) is 0 Å². The first-order valence-electron chi connectivity index (χ1n) is 12.2. The van der Waals surface area contributed by atoms with Gasteiger partial charge in [0.1, 0.15) is 17.4 Å². The molecule has 0 aliphatic heterocycles. The van der Waals surface area contributed by atoms with Crippen molar-refractivity contribution in [3.8, 4) is 5.75 Å². The quantitative estimate of drug-likeness (QED) is 0.221. The van der Waals surface area contributed by atoms with Crippen molar-refractivity contribution < 1.29 is 22.4 Å². The number of rotatable bonds is 6. The average molecular weight is 518 g/mol. The van der Waals surface area contributed by atoms with E-state index in [-0.39, 0.29) is 16.3 Å². The van der Waals surface area contributed by atoms with Gasteiger partial charge in [0.25, 0.3) is 0 Å². The summed E-state index contributed by atoms with van der Waals surface area (Å²) in [5.74, 6) is -0.600. The van der Waals surface area contributed by atoms with Gasteiger partial charge in [0.2, 0.25) is 10.0 Å². The van der Waals surface area contributed by atoms with Crippen LogP contribution in [0.4, 0.5) is 0 Å². The van der Waals surface area contributed by atoms with Crippen molar-refractivity contribution in [1.82, 2.24) is 4.72 Å². The summed E-state index contributed by atoms with van der Waals surface area (Å²) in [6.07, 6.45) is 3.45. The van der Waals surface area contributed by atoms with E-state index in [9.17, 15) is 18.0 Å². The molecule has 0 fully saturated rings. The minimum atomic E-state index is -4.03. The smallest absolute Gasteiger partial charge is 0.339 e. The van der Waals surface area contributed by atoms with Gasteiger partial charge in [0, 0.05) is 16.5 Å². The highest BCUT2D eigenvalue weighted by molar-refractivity contribution is 7.89. The number of carbonyl (C=O) groups excluding carboxylic acids is 1. The highest BCUT2D eigenvalue weighted by atomic mass is 32.2. The number of benzene rings is 3. The summed E-state index contributed by atoms with van der Waals surface area (Å²) in [6, 6.07) is 17.0. The van der Waals surface area contributed by atoms with E-state index in [0.717, 1.165) is 41.3 Å². The molecule has 190 valence electrons. The Kier molecular flexibility index (Phi) is 6.70. The summed E-state index contributed by atoms with van der Waals surface area (Å²) in [4.78, 5) is 26.1. The lowest BCUT2D eigenvalue weighted by Crippen LogP contribution is -2.36. The van der Waals surface area contributed by atoms with E-state index in [0.29, 0.717) is 23.1 Å². The number of hydrogen-bond donors (Lipinski definition) is 1. The van der Waals surface area contributed by atoms with E-state index < -0.39 is 22.0 Å². The molecule has 37 heavy (non-hydrogen) atoms. The highest BCUT2D eigenvalue weighted by Crippen LogP contribution is 2.33. The van der Waals surface area contributed by atoms with Crippen LogP contribution in [0.15, 0.2) is 80.8 Å². The van der Waals surface area contributed by atoms with Crippen LogP contribution in [0.2, 0.25) is 0 Å². The predicted octanol–water partition coefficient (Wildman–Crippen LogP) is 4.91. The Bertz CT molecular complexity index is 1640. The summed E-state index contributed by atoms with van der Waals surface area (Å²) in [5, 5.41) is 0.839. The molecule has 0 saturated heterocycles.